The van der Waals surface area contributed by atoms with Gasteiger partial charge in [-0.2, -0.15) is 0 Å². The van der Waals surface area contributed by atoms with Crippen molar-refractivity contribution in [3.63, 3.8) is 0 Å². The third kappa shape index (κ3) is 7.05. The van der Waals surface area contributed by atoms with Crippen molar-refractivity contribution in [2.75, 3.05) is 18.1 Å². The third-order valence-corrected chi connectivity index (χ3v) is 11.0. The Morgan fingerprint density at radius 3 is 2.36 bits per heavy atom. The Bertz CT molecular complexity index is 1850. The average Bonchev–Trinajstić information content (AvgIpc) is 3.81. The number of carbonyl (C=O) groups excluding carboxylic acids is 4. The number of aliphatic hydroxyl groups is 1. The molecule has 3 amide bonds. The van der Waals surface area contributed by atoms with Gasteiger partial charge in [-0.1, -0.05) is 84.9 Å². The van der Waals surface area contributed by atoms with Crippen molar-refractivity contribution < 1.29 is 33.8 Å². The van der Waals surface area contributed by atoms with E-state index in [1.165, 1.54) is 4.90 Å². The molecule has 3 aliphatic rings. The van der Waals surface area contributed by atoms with E-state index in [1.807, 2.05) is 92.7 Å². The lowest BCUT2D eigenvalue weighted by molar-refractivity contribution is -0.162. The van der Waals surface area contributed by atoms with Crippen molar-refractivity contribution in [2.24, 2.45) is 11.8 Å². The molecule has 0 aliphatic carbocycles. The number of fused-ring (bicyclic) bond motifs is 1. The molecule has 8 atom stereocenters. The first kappa shape index (κ1) is 37.7. The fourth-order valence-corrected chi connectivity index (χ4v) is 8.54. The van der Waals surface area contributed by atoms with E-state index in [9.17, 15) is 14.7 Å². The van der Waals surface area contributed by atoms with Crippen LogP contribution in [0.25, 0.3) is 0 Å². The van der Waals surface area contributed by atoms with Crippen molar-refractivity contribution in [3.05, 3.63) is 126 Å². The van der Waals surface area contributed by atoms with Crippen LogP contribution in [0.2, 0.25) is 0 Å². The molecule has 2 N–H and O–H groups in total. The molecule has 3 heterocycles. The lowest BCUT2D eigenvalue weighted by Crippen LogP contribution is -2.57. The number of amides is 3. The molecule has 0 radical (unpaired) electrons. The minimum absolute atomic E-state index is 0.168. The first-order chi connectivity index (χ1) is 25.6. The zero-order chi connectivity index (χ0) is 37.9. The molecule has 3 aliphatic heterocycles. The summed E-state index contributed by atoms with van der Waals surface area (Å²) in [6.45, 7) is 13.0. The van der Waals surface area contributed by atoms with Gasteiger partial charge in [0.15, 0.2) is 0 Å². The van der Waals surface area contributed by atoms with Crippen LogP contribution in [0.5, 0.6) is 0 Å². The van der Waals surface area contributed by atoms with Crippen LogP contribution in [0.4, 0.5) is 5.69 Å². The highest BCUT2D eigenvalue weighted by atomic mass is 16.6. The number of aryl methyl sites for hydroxylation is 2. The highest BCUT2D eigenvalue weighted by Crippen LogP contribution is 2.60. The van der Waals surface area contributed by atoms with Crippen LogP contribution in [-0.2, 0) is 28.7 Å². The third-order valence-electron chi connectivity index (χ3n) is 11.0. The molecule has 10 nitrogen and oxygen atoms in total. The van der Waals surface area contributed by atoms with Crippen LogP contribution >= 0.6 is 0 Å². The summed E-state index contributed by atoms with van der Waals surface area (Å²) < 4.78 is 13.1. The summed E-state index contributed by atoms with van der Waals surface area (Å²) in [4.78, 5) is 60.6. The summed E-state index contributed by atoms with van der Waals surface area (Å²) in [5, 5.41) is 13.9. The van der Waals surface area contributed by atoms with Crippen molar-refractivity contribution in [2.45, 2.75) is 82.4 Å². The van der Waals surface area contributed by atoms with Crippen molar-refractivity contribution in [1.29, 1.82) is 0 Å². The summed E-state index contributed by atoms with van der Waals surface area (Å²) in [7, 11) is 0. The van der Waals surface area contributed by atoms with E-state index in [2.05, 4.69) is 18.5 Å². The fourth-order valence-electron chi connectivity index (χ4n) is 8.54. The summed E-state index contributed by atoms with van der Waals surface area (Å²) in [5.41, 5.74) is 2.49. The van der Waals surface area contributed by atoms with Gasteiger partial charge in [0.2, 0.25) is 11.8 Å². The number of esters is 1. The number of benzene rings is 3. The molecular weight excluding hydrogens is 670 g/mol. The number of ether oxygens (including phenoxy) is 2. The normalized spacial score (nSPS) is 24.5. The Balaban J connectivity index is 1.40. The zero-order valence-electron chi connectivity index (χ0n) is 30.6. The SMILES string of the molecule is C=CCCC(=O)N[C@H](C)[C@@H](OC(=O)[C@@H]1[C@H]2C(=O)N([C@H](CO)c3ccccc3)[C@H](C(=O)N(CC=C)c3cc(C)ccc3C)[C@]23CC[C@H]1O3)c1ccccc1. The maximum absolute atomic E-state index is 15.2. The molecule has 3 fully saturated rings. The summed E-state index contributed by atoms with van der Waals surface area (Å²) in [6, 6.07) is 21.5. The number of anilines is 1. The number of hydrogen-bond donors (Lipinski definition) is 2. The second-order valence-electron chi connectivity index (χ2n) is 14.4. The molecule has 2 bridgehead atoms. The number of rotatable bonds is 15. The van der Waals surface area contributed by atoms with Gasteiger partial charge in [0.1, 0.15) is 17.7 Å². The molecule has 3 aromatic rings. The topological polar surface area (TPSA) is 125 Å². The molecule has 53 heavy (non-hydrogen) atoms. The number of nitrogens with one attached hydrogen (secondary N) is 1. The van der Waals surface area contributed by atoms with E-state index >= 15 is 9.59 Å². The van der Waals surface area contributed by atoms with E-state index in [-0.39, 0.29) is 24.8 Å². The molecule has 0 saturated carbocycles. The van der Waals surface area contributed by atoms with Crippen LogP contribution in [0.15, 0.2) is 104 Å². The van der Waals surface area contributed by atoms with Gasteiger partial charge in [0.25, 0.3) is 5.91 Å². The maximum atomic E-state index is 15.2. The van der Waals surface area contributed by atoms with Gasteiger partial charge in [-0.15, -0.1) is 13.2 Å². The van der Waals surface area contributed by atoms with E-state index in [4.69, 9.17) is 9.47 Å². The highest BCUT2D eigenvalue weighted by Gasteiger charge is 2.76. The van der Waals surface area contributed by atoms with Crippen LogP contribution in [0.3, 0.4) is 0 Å². The second-order valence-corrected chi connectivity index (χ2v) is 14.4. The Hall–Kier alpha value is -5.06. The van der Waals surface area contributed by atoms with Crippen LogP contribution < -0.4 is 10.2 Å². The number of aliphatic hydroxyl groups excluding tert-OH is 1. The van der Waals surface area contributed by atoms with E-state index in [1.54, 1.807) is 24.0 Å². The van der Waals surface area contributed by atoms with Gasteiger partial charge in [-0.05, 0) is 68.4 Å². The molecule has 10 heteroatoms. The van der Waals surface area contributed by atoms with Gasteiger partial charge < -0.3 is 29.7 Å². The lowest BCUT2D eigenvalue weighted by Gasteiger charge is -2.39. The van der Waals surface area contributed by atoms with Gasteiger partial charge in [0.05, 0.1) is 36.6 Å². The Kier molecular flexibility index (Phi) is 11.3. The largest absolute Gasteiger partial charge is 0.455 e. The van der Waals surface area contributed by atoms with E-state index in [0.717, 1.165) is 11.1 Å². The van der Waals surface area contributed by atoms with Crippen LogP contribution in [0.1, 0.15) is 67.0 Å². The zero-order valence-corrected chi connectivity index (χ0v) is 30.6. The molecule has 1 spiro atoms. The number of carbonyl (C=O) groups is 4. The fraction of sp³-hybridized carbons (Fsp3) is 0.395. The summed E-state index contributed by atoms with van der Waals surface area (Å²) in [6.07, 6.45) is 3.33. The maximum Gasteiger partial charge on any atom is 0.313 e. The van der Waals surface area contributed by atoms with Gasteiger partial charge in [-0.3, -0.25) is 19.2 Å². The standard InChI is InChI=1S/C43H49N3O7/c1-6-8-19-35(48)44-29(5)38(31-17-13-10-14-18-31)52-42(51)36-34-22-23-43(53-34)37(36)40(49)46(33(26-47)30-15-11-9-12-16-30)39(43)41(50)45(24-7-2)32-25-27(3)20-21-28(32)4/h6-7,9-18,20-21,25,29,33-34,36-39,47H,1-2,8,19,22-24,26H2,3-5H3,(H,44,48)/t29-,33-,34-,36+,37+,38-,39-,43+/m1/s1. The molecule has 278 valence electrons. The summed E-state index contributed by atoms with van der Waals surface area (Å²) in [5.74, 6) is -3.73. The molecule has 0 unspecified atom stereocenters. The Morgan fingerprint density at radius 2 is 1.72 bits per heavy atom. The second kappa shape index (κ2) is 15.9. The van der Waals surface area contributed by atoms with E-state index < -0.39 is 66.3 Å². The van der Waals surface area contributed by atoms with Crippen LogP contribution in [-0.4, -0.2) is 70.6 Å². The lowest BCUT2D eigenvalue weighted by atomic mass is 9.70. The number of likely N-dealkylation sites (tertiary alicyclic amines) is 1. The minimum atomic E-state index is -1.35. The smallest absolute Gasteiger partial charge is 0.313 e. The highest BCUT2D eigenvalue weighted by molar-refractivity contribution is 6.05. The predicted octanol–water partition coefficient (Wildman–Crippen LogP) is 5.69. The number of nitrogens with zero attached hydrogens (tertiary/aromatic N) is 2. The van der Waals surface area contributed by atoms with Gasteiger partial charge >= 0.3 is 5.97 Å². The molecule has 6 rings (SSSR count). The monoisotopic (exact) mass is 719 g/mol. The first-order valence-electron chi connectivity index (χ1n) is 18.4. The van der Waals surface area contributed by atoms with Crippen LogP contribution in [0, 0.1) is 25.7 Å². The average molecular weight is 720 g/mol. The van der Waals surface area contributed by atoms with Crippen molar-refractivity contribution in [3.8, 4) is 0 Å². The van der Waals surface area contributed by atoms with Gasteiger partial charge in [0, 0.05) is 18.7 Å². The molecule has 3 aromatic carbocycles. The molecule has 0 aromatic heterocycles. The predicted molar refractivity (Wildman–Crippen MR) is 201 cm³/mol. The minimum Gasteiger partial charge on any atom is -0.455 e. The molecule has 3 saturated heterocycles. The number of allylic oxidation sites excluding steroid dienone is 1. The summed E-state index contributed by atoms with van der Waals surface area (Å²) >= 11 is 0. The Morgan fingerprint density at radius 1 is 1.04 bits per heavy atom. The van der Waals surface area contributed by atoms with Gasteiger partial charge in [-0.25, -0.2) is 0 Å². The van der Waals surface area contributed by atoms with E-state index in [0.29, 0.717) is 36.1 Å². The Labute approximate surface area is 311 Å². The quantitative estimate of drug-likeness (QED) is 0.153. The first-order valence-corrected chi connectivity index (χ1v) is 18.4. The molecular formula is C43H49N3O7. The van der Waals surface area contributed by atoms with Crippen molar-refractivity contribution >= 4 is 29.4 Å². The number of hydrogen-bond acceptors (Lipinski definition) is 7. The van der Waals surface area contributed by atoms with Crippen molar-refractivity contribution in [1.82, 2.24) is 10.2 Å².